The molecule has 1 aliphatic carbocycles. The topological polar surface area (TPSA) is 56.7 Å². The number of likely N-dealkylation sites (N-methyl/N-ethyl adjacent to an activating group) is 1. The van der Waals surface area contributed by atoms with Gasteiger partial charge in [0.2, 0.25) is 0 Å². The van der Waals surface area contributed by atoms with Crippen molar-refractivity contribution >= 4 is 5.91 Å². The minimum atomic E-state index is -4.57. The molecule has 1 saturated carbocycles. The highest BCUT2D eigenvalue weighted by molar-refractivity contribution is 5.92. The monoisotopic (exact) mass is 357 g/mol. The number of carbonyl (C=O) groups is 1. The fraction of sp³-hybridized carbons (Fsp3) is 0.647. The highest BCUT2D eigenvalue weighted by Crippen LogP contribution is 2.38. The van der Waals surface area contributed by atoms with E-state index in [1.54, 1.807) is 4.90 Å². The predicted octanol–water partition coefficient (Wildman–Crippen LogP) is 1.87. The highest BCUT2D eigenvalue weighted by atomic mass is 19.4. The van der Waals surface area contributed by atoms with Crippen molar-refractivity contribution in [1.82, 2.24) is 14.8 Å². The van der Waals surface area contributed by atoms with Gasteiger partial charge in [0.1, 0.15) is 11.4 Å². The number of carbonyl (C=O) groups excluding carboxylic acids is 1. The summed E-state index contributed by atoms with van der Waals surface area (Å²) in [4.78, 5) is 19.6. The Morgan fingerprint density at radius 1 is 1.24 bits per heavy atom. The third-order valence-electron chi connectivity index (χ3n) is 5.32. The molecule has 1 N–H and O–H groups in total. The van der Waals surface area contributed by atoms with Crippen LogP contribution in [-0.4, -0.2) is 65.1 Å². The molecule has 0 radical (unpaired) electrons. The number of fused-ring (bicyclic) bond motifs is 1. The number of halogens is 3. The van der Waals surface area contributed by atoms with E-state index >= 15 is 0 Å². The second-order valence-electron chi connectivity index (χ2n) is 7.21. The second kappa shape index (κ2) is 6.57. The van der Waals surface area contributed by atoms with Gasteiger partial charge in [-0.05, 0) is 50.9 Å². The van der Waals surface area contributed by atoms with Crippen molar-refractivity contribution < 1.29 is 23.1 Å². The zero-order valence-corrected chi connectivity index (χ0v) is 14.2. The summed E-state index contributed by atoms with van der Waals surface area (Å²) in [5.74, 6) is -0.0390. The van der Waals surface area contributed by atoms with Crippen LogP contribution in [0.4, 0.5) is 13.2 Å². The standard InChI is InChI=1S/C17H22F3N3O2/c1-22(2)13-6-10-8-23(9-11(10)7-14(13)24)16(25)12-4-3-5-15(21-12)17(18,19)20/h3-5,10-11,13-14,24H,6-9H2,1-2H3/t10-,11+,13-,14-/m1/s1. The first-order valence-corrected chi connectivity index (χ1v) is 8.35. The first kappa shape index (κ1) is 18.1. The number of aliphatic hydroxyl groups is 1. The van der Waals surface area contributed by atoms with Crippen molar-refractivity contribution in [3.8, 4) is 0 Å². The highest BCUT2D eigenvalue weighted by Gasteiger charge is 2.44. The van der Waals surface area contributed by atoms with Gasteiger partial charge in [-0.25, -0.2) is 4.98 Å². The van der Waals surface area contributed by atoms with Gasteiger partial charge < -0.3 is 14.9 Å². The van der Waals surface area contributed by atoms with Crippen LogP contribution in [0.25, 0.3) is 0 Å². The van der Waals surface area contributed by atoms with E-state index in [9.17, 15) is 23.1 Å². The zero-order valence-electron chi connectivity index (χ0n) is 14.2. The normalized spacial score (nSPS) is 29.8. The molecule has 1 aromatic rings. The van der Waals surface area contributed by atoms with E-state index < -0.39 is 23.9 Å². The Kier molecular flexibility index (Phi) is 4.76. The number of aliphatic hydroxyl groups excluding tert-OH is 1. The van der Waals surface area contributed by atoms with Crippen LogP contribution in [0.5, 0.6) is 0 Å². The predicted molar refractivity (Wildman–Crippen MR) is 84.8 cm³/mol. The maximum absolute atomic E-state index is 12.8. The fourth-order valence-corrected chi connectivity index (χ4v) is 4.00. The van der Waals surface area contributed by atoms with Crippen molar-refractivity contribution in [3.63, 3.8) is 0 Å². The number of alkyl halides is 3. The van der Waals surface area contributed by atoms with Crippen molar-refractivity contribution in [2.45, 2.75) is 31.2 Å². The van der Waals surface area contributed by atoms with Gasteiger partial charge in [-0.1, -0.05) is 6.07 Å². The van der Waals surface area contributed by atoms with Gasteiger partial charge in [-0.15, -0.1) is 0 Å². The molecule has 3 rings (SSSR count). The smallest absolute Gasteiger partial charge is 0.391 e. The van der Waals surface area contributed by atoms with Crippen LogP contribution >= 0.6 is 0 Å². The molecule has 138 valence electrons. The van der Waals surface area contributed by atoms with Crippen LogP contribution in [0, 0.1) is 11.8 Å². The summed E-state index contributed by atoms with van der Waals surface area (Å²) in [5.41, 5.74) is -1.24. The molecule has 5 nitrogen and oxygen atoms in total. The third kappa shape index (κ3) is 3.64. The molecule has 0 unspecified atom stereocenters. The van der Waals surface area contributed by atoms with E-state index in [0.717, 1.165) is 12.5 Å². The van der Waals surface area contributed by atoms with E-state index in [1.807, 2.05) is 19.0 Å². The van der Waals surface area contributed by atoms with Gasteiger partial charge in [0, 0.05) is 19.1 Å². The summed E-state index contributed by atoms with van der Waals surface area (Å²) in [7, 11) is 3.83. The van der Waals surface area contributed by atoms with Crippen molar-refractivity contribution in [3.05, 3.63) is 29.6 Å². The molecule has 1 aliphatic heterocycles. The number of likely N-dealkylation sites (tertiary alicyclic amines) is 1. The van der Waals surface area contributed by atoms with Crippen LogP contribution in [0.1, 0.15) is 29.0 Å². The van der Waals surface area contributed by atoms with E-state index in [0.29, 0.717) is 19.5 Å². The van der Waals surface area contributed by atoms with Crippen LogP contribution in [-0.2, 0) is 6.18 Å². The number of nitrogens with zero attached hydrogens (tertiary/aromatic N) is 3. The lowest BCUT2D eigenvalue weighted by Crippen LogP contribution is -2.46. The average molecular weight is 357 g/mol. The van der Waals surface area contributed by atoms with Crippen molar-refractivity contribution in [1.29, 1.82) is 0 Å². The Labute approximate surface area is 144 Å². The van der Waals surface area contributed by atoms with E-state index in [4.69, 9.17) is 0 Å². The molecule has 2 fully saturated rings. The largest absolute Gasteiger partial charge is 0.433 e. The summed E-state index contributed by atoms with van der Waals surface area (Å²) in [6, 6.07) is 3.43. The van der Waals surface area contributed by atoms with Gasteiger partial charge in [0.05, 0.1) is 6.10 Å². The molecule has 8 heteroatoms. The lowest BCUT2D eigenvalue weighted by molar-refractivity contribution is -0.141. The molecule has 4 atom stereocenters. The van der Waals surface area contributed by atoms with Gasteiger partial charge >= 0.3 is 6.18 Å². The van der Waals surface area contributed by atoms with Crippen molar-refractivity contribution in [2.75, 3.05) is 27.2 Å². The van der Waals surface area contributed by atoms with Crippen molar-refractivity contribution in [2.24, 2.45) is 11.8 Å². The van der Waals surface area contributed by atoms with E-state index in [-0.39, 0.29) is 23.6 Å². The van der Waals surface area contributed by atoms with E-state index in [1.165, 1.54) is 12.1 Å². The van der Waals surface area contributed by atoms with Gasteiger partial charge in [0.25, 0.3) is 5.91 Å². The average Bonchev–Trinajstić information content (AvgIpc) is 2.95. The van der Waals surface area contributed by atoms with Crippen LogP contribution in [0.3, 0.4) is 0 Å². The summed E-state index contributed by atoms with van der Waals surface area (Å²) in [6.07, 6.45) is -3.64. The van der Waals surface area contributed by atoms with Crippen LogP contribution in [0.15, 0.2) is 18.2 Å². The fourth-order valence-electron chi connectivity index (χ4n) is 4.00. The molecular weight excluding hydrogens is 335 g/mol. The lowest BCUT2D eigenvalue weighted by atomic mass is 9.77. The minimum absolute atomic E-state index is 0.0444. The summed E-state index contributed by atoms with van der Waals surface area (Å²) < 4.78 is 38.4. The molecule has 25 heavy (non-hydrogen) atoms. The molecule has 0 bridgehead atoms. The number of pyridine rings is 1. The van der Waals surface area contributed by atoms with Crippen LogP contribution in [0.2, 0.25) is 0 Å². The lowest BCUT2D eigenvalue weighted by Gasteiger charge is -2.38. The molecule has 2 heterocycles. The Morgan fingerprint density at radius 2 is 1.88 bits per heavy atom. The summed E-state index contributed by atoms with van der Waals surface area (Å²) in [6.45, 7) is 0.955. The van der Waals surface area contributed by atoms with E-state index in [2.05, 4.69) is 4.98 Å². The molecule has 1 saturated heterocycles. The maximum Gasteiger partial charge on any atom is 0.433 e. The maximum atomic E-state index is 12.8. The number of amides is 1. The molecule has 0 aromatic carbocycles. The van der Waals surface area contributed by atoms with Gasteiger partial charge in [-0.3, -0.25) is 4.79 Å². The van der Waals surface area contributed by atoms with Gasteiger partial charge in [0.15, 0.2) is 0 Å². The number of hydrogen-bond acceptors (Lipinski definition) is 4. The second-order valence-corrected chi connectivity index (χ2v) is 7.21. The molecule has 0 spiro atoms. The number of rotatable bonds is 2. The Hall–Kier alpha value is -1.67. The molecule has 1 aromatic heterocycles. The Morgan fingerprint density at radius 3 is 2.48 bits per heavy atom. The molecular formula is C17H22F3N3O2. The van der Waals surface area contributed by atoms with Gasteiger partial charge in [-0.2, -0.15) is 13.2 Å². The number of hydrogen-bond donors (Lipinski definition) is 1. The summed E-state index contributed by atoms with van der Waals surface area (Å²) >= 11 is 0. The first-order chi connectivity index (χ1) is 11.7. The summed E-state index contributed by atoms with van der Waals surface area (Å²) in [5, 5.41) is 10.3. The molecule has 1 amide bonds. The minimum Gasteiger partial charge on any atom is -0.391 e. The SMILES string of the molecule is CN(C)[C@@H]1C[C@@H]2CN(C(=O)c3cccc(C(F)(F)F)n3)C[C@@H]2C[C@H]1O. The number of aromatic nitrogens is 1. The first-order valence-electron chi connectivity index (χ1n) is 8.35. The molecule has 2 aliphatic rings. The Balaban J connectivity index is 1.73. The Bertz CT molecular complexity index is 650. The van der Waals surface area contributed by atoms with Crippen LogP contribution < -0.4 is 0 Å². The zero-order chi connectivity index (χ0) is 18.4. The quantitative estimate of drug-likeness (QED) is 0.878. The third-order valence-corrected chi connectivity index (χ3v) is 5.32.